The van der Waals surface area contributed by atoms with Gasteiger partial charge in [-0.1, -0.05) is 104 Å². The molecule has 0 saturated heterocycles. The summed E-state index contributed by atoms with van der Waals surface area (Å²) in [6.07, 6.45) is 14.5. The fourth-order valence-corrected chi connectivity index (χ4v) is 8.83. The monoisotopic (exact) mass is 940 g/mol. The summed E-state index contributed by atoms with van der Waals surface area (Å²) in [6.45, 7) is 1.07. The molecule has 5 N–H and O–H groups in total. The maximum atomic E-state index is 13.7. The van der Waals surface area contributed by atoms with Crippen molar-refractivity contribution in [2.75, 3.05) is 23.7 Å². The Kier molecular flexibility index (Phi) is 16.4. The van der Waals surface area contributed by atoms with Crippen molar-refractivity contribution in [3.05, 3.63) is 202 Å². The summed E-state index contributed by atoms with van der Waals surface area (Å²) < 4.78 is 30.1. The van der Waals surface area contributed by atoms with Crippen LogP contribution in [0.2, 0.25) is 0 Å². The number of pyridine rings is 2. The second-order valence-corrected chi connectivity index (χ2v) is 17.6. The summed E-state index contributed by atoms with van der Waals surface area (Å²) in [6, 6.07) is 40.1. The van der Waals surface area contributed by atoms with Gasteiger partial charge in [-0.3, -0.25) is 28.7 Å². The number of rotatable bonds is 16. The second-order valence-electron chi connectivity index (χ2n) is 17.6. The highest BCUT2D eigenvalue weighted by molar-refractivity contribution is 5.82. The molecule has 358 valence electrons. The van der Waals surface area contributed by atoms with E-state index >= 15 is 0 Å². The maximum absolute atomic E-state index is 13.7. The highest BCUT2D eigenvalue weighted by Crippen LogP contribution is 2.31. The predicted molar refractivity (Wildman–Crippen MR) is 275 cm³/mol. The molecule has 1 fully saturated rings. The lowest BCUT2D eigenvalue weighted by Gasteiger charge is -2.29. The summed E-state index contributed by atoms with van der Waals surface area (Å²) in [4.78, 5) is 44.9. The third kappa shape index (κ3) is 12.5. The average Bonchev–Trinajstić information content (AvgIpc) is 3.39. The number of halogens is 2. The van der Waals surface area contributed by atoms with E-state index in [1.54, 1.807) is 79.8 Å². The van der Waals surface area contributed by atoms with Crippen molar-refractivity contribution in [2.45, 2.75) is 63.1 Å². The third-order valence-corrected chi connectivity index (χ3v) is 12.5. The lowest BCUT2D eigenvalue weighted by molar-refractivity contribution is 0.338. The van der Waals surface area contributed by atoms with Gasteiger partial charge in [-0.25, -0.2) is 18.7 Å². The number of hydrogen-bond donors (Lipinski definition) is 4. The molecule has 2 atom stereocenters. The van der Waals surface area contributed by atoms with Crippen molar-refractivity contribution in [1.29, 1.82) is 0 Å². The number of nitrogens with two attached hydrogens (primary N) is 1. The molecule has 12 nitrogen and oxygen atoms in total. The van der Waals surface area contributed by atoms with Gasteiger partial charge in [0.05, 0.1) is 22.5 Å². The topological polar surface area (TPSA) is 158 Å². The van der Waals surface area contributed by atoms with Gasteiger partial charge < -0.3 is 21.7 Å². The van der Waals surface area contributed by atoms with Gasteiger partial charge in [0, 0.05) is 81.2 Å². The number of benzene rings is 4. The van der Waals surface area contributed by atoms with Crippen LogP contribution in [0.1, 0.15) is 43.2 Å². The largest absolute Gasteiger partial charge is 0.354 e. The van der Waals surface area contributed by atoms with Crippen molar-refractivity contribution < 1.29 is 8.78 Å². The standard InChI is InChI=1S/C31H34FN5O.C25H24FN5O/c1-37-30(38)28(23-12-14-25(32)15-13-23)29(24-16-18-33-19-17-24)36-31(37)34-21-27(20-22-8-4-2-5-9-22)35-26-10-6-3-7-11-26;1-31-24(32)22(18-7-9-20(26)10-8-18)23(19-11-13-28-14-12-19)30-25(31)29-16-21(27)15-17-5-3-2-4-6-17/h2,4-5,8-9,12-19,26-27,35H,3,6-7,10-11,20-21H2,1H3,(H,34,36);2-14,21H,15-16,27H2,1H3,(H,29,30)/t27-;21-/m00/s1. The van der Waals surface area contributed by atoms with E-state index in [4.69, 9.17) is 15.7 Å². The van der Waals surface area contributed by atoms with Crippen molar-refractivity contribution in [3.63, 3.8) is 0 Å². The SMILES string of the molecule is Cn1c(NC[C@@H](N)Cc2ccccc2)nc(-c2ccncc2)c(-c2ccc(F)cc2)c1=O.Cn1c(NC[C@H](Cc2ccccc2)NC2CCCCC2)nc(-c2ccncc2)c(-c2ccc(F)cc2)c1=O. The van der Waals surface area contributed by atoms with Crippen molar-refractivity contribution in [1.82, 2.24) is 34.4 Å². The van der Waals surface area contributed by atoms with E-state index in [0.717, 1.165) is 23.1 Å². The normalized spacial score (nSPS) is 13.4. The van der Waals surface area contributed by atoms with Crippen LogP contribution in [0.15, 0.2) is 168 Å². The van der Waals surface area contributed by atoms with Crippen molar-refractivity contribution >= 4 is 11.9 Å². The summed E-state index contributed by atoms with van der Waals surface area (Å²) >= 11 is 0. The lowest BCUT2D eigenvalue weighted by Crippen LogP contribution is -2.45. The van der Waals surface area contributed by atoms with Crippen LogP contribution in [0, 0.1) is 11.6 Å². The van der Waals surface area contributed by atoms with Crippen LogP contribution in [-0.2, 0) is 26.9 Å². The highest BCUT2D eigenvalue weighted by Gasteiger charge is 2.23. The fraction of sp³-hybridized carbons (Fsp3) is 0.250. The van der Waals surface area contributed by atoms with E-state index in [9.17, 15) is 18.4 Å². The lowest BCUT2D eigenvalue weighted by atomic mass is 9.94. The Hall–Kier alpha value is -7.68. The van der Waals surface area contributed by atoms with Gasteiger partial charge in [-0.05, 0) is 96.5 Å². The molecule has 9 rings (SSSR count). The molecule has 1 aliphatic rings. The molecule has 8 aromatic rings. The number of aromatic nitrogens is 6. The van der Waals surface area contributed by atoms with E-state index in [1.165, 1.54) is 66.5 Å². The van der Waals surface area contributed by atoms with Crippen LogP contribution in [0.5, 0.6) is 0 Å². The second kappa shape index (κ2) is 23.6. The van der Waals surface area contributed by atoms with Gasteiger partial charge in [0.2, 0.25) is 11.9 Å². The molecule has 0 radical (unpaired) electrons. The van der Waals surface area contributed by atoms with E-state index in [0.29, 0.717) is 71.1 Å². The van der Waals surface area contributed by atoms with Crippen molar-refractivity contribution in [2.24, 2.45) is 19.8 Å². The first-order valence-electron chi connectivity index (χ1n) is 23.7. The Labute approximate surface area is 406 Å². The minimum Gasteiger partial charge on any atom is -0.354 e. The summed E-state index contributed by atoms with van der Waals surface area (Å²) in [5.74, 6) is 0.194. The molecule has 70 heavy (non-hydrogen) atoms. The van der Waals surface area contributed by atoms with Crippen LogP contribution < -0.4 is 32.8 Å². The predicted octanol–water partition coefficient (Wildman–Crippen LogP) is 9.22. The molecule has 4 aromatic heterocycles. The number of nitrogens with zero attached hydrogens (tertiary/aromatic N) is 6. The Bertz CT molecular complexity index is 3040. The molecule has 1 saturated carbocycles. The minimum atomic E-state index is -0.366. The Balaban J connectivity index is 0.000000191. The quantitative estimate of drug-likeness (QED) is 0.0737. The summed E-state index contributed by atoms with van der Waals surface area (Å²) in [5, 5.41) is 10.6. The van der Waals surface area contributed by atoms with Crippen molar-refractivity contribution in [3.8, 4) is 44.8 Å². The van der Waals surface area contributed by atoms with Gasteiger partial charge >= 0.3 is 0 Å². The zero-order valence-electron chi connectivity index (χ0n) is 39.4. The molecule has 1 aliphatic carbocycles. The number of hydrogen-bond acceptors (Lipinski definition) is 10. The zero-order chi connectivity index (χ0) is 48.8. The van der Waals surface area contributed by atoms with Gasteiger partial charge in [-0.15, -0.1) is 0 Å². The van der Waals surface area contributed by atoms with Crippen LogP contribution in [0.25, 0.3) is 44.8 Å². The number of anilines is 2. The molecule has 0 spiro atoms. The first kappa shape index (κ1) is 48.8. The van der Waals surface area contributed by atoms with Gasteiger partial charge in [0.25, 0.3) is 11.1 Å². The highest BCUT2D eigenvalue weighted by atomic mass is 19.1. The number of nitrogens with one attached hydrogen (secondary N) is 3. The maximum Gasteiger partial charge on any atom is 0.263 e. The van der Waals surface area contributed by atoms with Crippen LogP contribution in [0.3, 0.4) is 0 Å². The molecule has 0 aliphatic heterocycles. The molecule has 4 heterocycles. The Morgan fingerprint density at radius 3 is 1.44 bits per heavy atom. The first-order valence-corrected chi connectivity index (χ1v) is 23.7. The van der Waals surface area contributed by atoms with Gasteiger partial charge in [0.15, 0.2) is 0 Å². The fourth-order valence-electron chi connectivity index (χ4n) is 8.83. The third-order valence-electron chi connectivity index (χ3n) is 12.5. The van der Waals surface area contributed by atoms with Gasteiger partial charge in [-0.2, -0.15) is 0 Å². The van der Waals surface area contributed by atoms with E-state index in [2.05, 4.69) is 50.2 Å². The Morgan fingerprint density at radius 1 is 0.557 bits per heavy atom. The molecular formula is C56H58F2N10O2. The minimum absolute atomic E-state index is 0.157. The van der Waals surface area contributed by atoms with Crippen LogP contribution in [0.4, 0.5) is 20.7 Å². The summed E-state index contributed by atoms with van der Waals surface area (Å²) in [7, 11) is 3.38. The van der Waals surface area contributed by atoms with Gasteiger partial charge in [0.1, 0.15) is 11.6 Å². The first-order chi connectivity index (χ1) is 34.1. The van der Waals surface area contributed by atoms with Crippen LogP contribution in [-0.4, -0.2) is 60.3 Å². The zero-order valence-corrected chi connectivity index (χ0v) is 39.4. The molecule has 4 aromatic carbocycles. The smallest absolute Gasteiger partial charge is 0.263 e. The van der Waals surface area contributed by atoms with Crippen LogP contribution >= 0.6 is 0 Å². The molecular weight excluding hydrogens is 883 g/mol. The van der Waals surface area contributed by atoms with E-state index < -0.39 is 0 Å². The molecule has 0 bridgehead atoms. The average molecular weight is 941 g/mol. The van der Waals surface area contributed by atoms with E-state index in [1.807, 2.05) is 48.5 Å². The molecule has 14 heteroatoms. The molecule has 0 amide bonds. The summed E-state index contributed by atoms with van der Waals surface area (Å²) in [5.41, 5.74) is 12.9. The Morgan fingerprint density at radius 2 is 0.986 bits per heavy atom. The molecule has 0 unspecified atom stereocenters. The van der Waals surface area contributed by atoms with E-state index in [-0.39, 0.29) is 34.8 Å².